The van der Waals surface area contributed by atoms with Crippen molar-refractivity contribution in [2.24, 2.45) is 0 Å². The summed E-state index contributed by atoms with van der Waals surface area (Å²) in [6.45, 7) is 3.32. The first-order valence-electron chi connectivity index (χ1n) is 4.34. The van der Waals surface area contributed by atoms with Crippen molar-refractivity contribution in [2.75, 3.05) is 0 Å². The largest absolute Gasteiger partial charge is 0.334 e. The van der Waals surface area contributed by atoms with Crippen LogP contribution in [0.2, 0.25) is 0 Å². The van der Waals surface area contributed by atoms with Gasteiger partial charge in [-0.2, -0.15) is 5.26 Å². The molecule has 1 rings (SSSR count). The van der Waals surface area contributed by atoms with Crippen LogP contribution in [0, 0.1) is 11.3 Å². The van der Waals surface area contributed by atoms with Gasteiger partial charge in [-0.3, -0.25) is 4.79 Å². The fraction of sp³-hybridized carbons (Fsp3) is 0.273. The molecule has 3 nitrogen and oxygen atoms in total. The highest BCUT2D eigenvalue weighted by molar-refractivity contribution is 5.94. The molecular formula is C11H12N2O. The van der Waals surface area contributed by atoms with Crippen molar-refractivity contribution >= 4 is 5.91 Å². The number of hydrogen-bond acceptors (Lipinski definition) is 2. The molecule has 14 heavy (non-hydrogen) atoms. The van der Waals surface area contributed by atoms with E-state index in [9.17, 15) is 4.79 Å². The first kappa shape index (κ1) is 10.3. The smallest absolute Gasteiger partial charge is 0.252 e. The van der Waals surface area contributed by atoms with Crippen LogP contribution in [-0.2, 0) is 0 Å². The van der Waals surface area contributed by atoms with Crippen molar-refractivity contribution in [3.8, 4) is 6.07 Å². The quantitative estimate of drug-likeness (QED) is 0.768. The van der Waals surface area contributed by atoms with Gasteiger partial charge >= 0.3 is 0 Å². The molecule has 0 atom stereocenters. The van der Waals surface area contributed by atoms with Crippen LogP contribution in [0.4, 0.5) is 0 Å². The first-order valence-corrected chi connectivity index (χ1v) is 4.34. The number of nitriles is 1. The van der Waals surface area contributed by atoms with E-state index in [1.54, 1.807) is 38.1 Å². The minimum Gasteiger partial charge on any atom is -0.334 e. The molecule has 0 aliphatic rings. The fourth-order valence-electron chi connectivity index (χ4n) is 0.973. The predicted octanol–water partition coefficient (Wildman–Crippen LogP) is 1.72. The number of rotatable bonds is 2. The van der Waals surface area contributed by atoms with Crippen molar-refractivity contribution in [3.63, 3.8) is 0 Å². The molecule has 0 bridgehead atoms. The molecular weight excluding hydrogens is 176 g/mol. The number of benzene rings is 1. The van der Waals surface area contributed by atoms with Crippen molar-refractivity contribution in [2.45, 2.75) is 19.4 Å². The third kappa shape index (κ3) is 2.60. The molecule has 0 aromatic heterocycles. The summed E-state index contributed by atoms with van der Waals surface area (Å²) in [6.07, 6.45) is 0. The summed E-state index contributed by atoms with van der Waals surface area (Å²) in [4.78, 5) is 11.6. The average molecular weight is 188 g/mol. The summed E-state index contributed by atoms with van der Waals surface area (Å²) in [5, 5.41) is 11.3. The number of hydrogen-bond donors (Lipinski definition) is 1. The number of carbonyl (C=O) groups excluding carboxylic acids is 1. The molecule has 1 aromatic rings. The lowest BCUT2D eigenvalue weighted by Crippen LogP contribution is -2.42. The molecule has 0 aliphatic carbocycles. The summed E-state index contributed by atoms with van der Waals surface area (Å²) in [5.74, 6) is -0.225. The third-order valence-electron chi connectivity index (χ3n) is 1.74. The van der Waals surface area contributed by atoms with E-state index in [1.807, 2.05) is 12.1 Å². The Balaban J connectivity index is 2.75. The number of amides is 1. The van der Waals surface area contributed by atoms with Crippen LogP contribution in [0.5, 0.6) is 0 Å². The Labute approximate surface area is 83.4 Å². The third-order valence-corrected chi connectivity index (χ3v) is 1.74. The van der Waals surface area contributed by atoms with Gasteiger partial charge in [-0.1, -0.05) is 18.2 Å². The Hall–Kier alpha value is -1.82. The molecule has 0 radical (unpaired) electrons. The van der Waals surface area contributed by atoms with Gasteiger partial charge in [0.25, 0.3) is 5.91 Å². The summed E-state index contributed by atoms with van der Waals surface area (Å²) in [7, 11) is 0. The summed E-state index contributed by atoms with van der Waals surface area (Å²) in [5.41, 5.74) is -0.261. The van der Waals surface area contributed by atoms with Gasteiger partial charge in [-0.25, -0.2) is 0 Å². The second kappa shape index (κ2) is 3.93. The molecule has 72 valence electrons. The Morgan fingerprint density at radius 1 is 1.36 bits per heavy atom. The maximum Gasteiger partial charge on any atom is 0.252 e. The lowest BCUT2D eigenvalue weighted by atomic mass is 10.1. The zero-order valence-corrected chi connectivity index (χ0v) is 8.24. The van der Waals surface area contributed by atoms with E-state index in [0.717, 1.165) is 0 Å². The van der Waals surface area contributed by atoms with Gasteiger partial charge < -0.3 is 5.32 Å². The van der Waals surface area contributed by atoms with E-state index >= 15 is 0 Å². The minimum absolute atomic E-state index is 0.225. The topological polar surface area (TPSA) is 52.9 Å². The predicted molar refractivity (Wildman–Crippen MR) is 53.6 cm³/mol. The van der Waals surface area contributed by atoms with Crippen molar-refractivity contribution in [3.05, 3.63) is 35.9 Å². The Bertz CT molecular complexity index is 363. The van der Waals surface area contributed by atoms with E-state index in [2.05, 4.69) is 5.32 Å². The highest BCUT2D eigenvalue weighted by atomic mass is 16.1. The molecule has 3 heteroatoms. The first-order chi connectivity index (χ1) is 6.55. The van der Waals surface area contributed by atoms with Gasteiger partial charge in [0.15, 0.2) is 0 Å². The molecule has 0 aliphatic heterocycles. The molecule has 0 saturated carbocycles. The van der Waals surface area contributed by atoms with Gasteiger partial charge in [-0.05, 0) is 26.0 Å². The fourth-order valence-corrected chi connectivity index (χ4v) is 0.973. The highest BCUT2D eigenvalue weighted by Crippen LogP contribution is 2.03. The molecule has 0 unspecified atom stereocenters. The van der Waals surface area contributed by atoms with Gasteiger partial charge in [-0.15, -0.1) is 0 Å². The van der Waals surface area contributed by atoms with Crippen LogP contribution in [0.3, 0.4) is 0 Å². The molecule has 1 N–H and O–H groups in total. The molecule has 0 heterocycles. The van der Waals surface area contributed by atoms with Crippen molar-refractivity contribution in [1.82, 2.24) is 5.32 Å². The van der Waals surface area contributed by atoms with E-state index in [0.29, 0.717) is 5.56 Å². The Kier molecular flexibility index (Phi) is 2.88. The molecule has 1 amide bonds. The Morgan fingerprint density at radius 2 is 1.93 bits per heavy atom. The number of nitrogens with one attached hydrogen (secondary N) is 1. The zero-order valence-electron chi connectivity index (χ0n) is 8.24. The van der Waals surface area contributed by atoms with Crippen LogP contribution in [0.1, 0.15) is 24.2 Å². The summed E-state index contributed by atoms with van der Waals surface area (Å²) < 4.78 is 0. The molecule has 0 spiro atoms. The molecule has 1 aromatic carbocycles. The second-order valence-corrected chi connectivity index (χ2v) is 3.56. The maximum absolute atomic E-state index is 11.6. The van der Waals surface area contributed by atoms with Gasteiger partial charge in [0.05, 0.1) is 6.07 Å². The van der Waals surface area contributed by atoms with Crippen LogP contribution in [0.15, 0.2) is 30.3 Å². The molecule has 0 saturated heterocycles. The van der Waals surface area contributed by atoms with E-state index in [4.69, 9.17) is 5.26 Å². The van der Waals surface area contributed by atoms with Gasteiger partial charge in [0.2, 0.25) is 0 Å². The van der Waals surface area contributed by atoms with E-state index < -0.39 is 5.54 Å². The maximum atomic E-state index is 11.6. The van der Waals surface area contributed by atoms with Crippen LogP contribution >= 0.6 is 0 Å². The van der Waals surface area contributed by atoms with Crippen LogP contribution in [-0.4, -0.2) is 11.4 Å². The highest BCUT2D eigenvalue weighted by Gasteiger charge is 2.19. The summed E-state index contributed by atoms with van der Waals surface area (Å²) >= 11 is 0. The lowest BCUT2D eigenvalue weighted by molar-refractivity contribution is 0.0929. The molecule has 0 fully saturated rings. The average Bonchev–Trinajstić information content (AvgIpc) is 2.19. The minimum atomic E-state index is -0.826. The zero-order chi connectivity index (χ0) is 10.6. The van der Waals surface area contributed by atoms with Gasteiger partial charge in [0.1, 0.15) is 5.54 Å². The standard InChI is InChI=1S/C11H12N2O/c1-11(2,8-12)13-10(14)9-6-4-3-5-7-9/h3-7H,1-2H3,(H,13,14). The second-order valence-electron chi connectivity index (χ2n) is 3.56. The Morgan fingerprint density at radius 3 is 2.43 bits per heavy atom. The number of nitrogens with zero attached hydrogens (tertiary/aromatic N) is 1. The van der Waals surface area contributed by atoms with Crippen LogP contribution in [0.25, 0.3) is 0 Å². The SMILES string of the molecule is CC(C)(C#N)NC(=O)c1ccccc1. The van der Waals surface area contributed by atoms with Crippen molar-refractivity contribution in [1.29, 1.82) is 5.26 Å². The van der Waals surface area contributed by atoms with E-state index in [1.165, 1.54) is 0 Å². The monoisotopic (exact) mass is 188 g/mol. The van der Waals surface area contributed by atoms with Gasteiger partial charge in [0, 0.05) is 5.56 Å². The number of carbonyl (C=O) groups is 1. The lowest BCUT2D eigenvalue weighted by Gasteiger charge is -2.17. The van der Waals surface area contributed by atoms with Crippen LogP contribution < -0.4 is 5.32 Å². The van der Waals surface area contributed by atoms with E-state index in [-0.39, 0.29) is 5.91 Å². The van der Waals surface area contributed by atoms with Crippen molar-refractivity contribution < 1.29 is 4.79 Å². The summed E-state index contributed by atoms with van der Waals surface area (Å²) in [6, 6.07) is 10.8. The normalized spacial score (nSPS) is 10.4.